The molecule has 0 saturated carbocycles. The summed E-state index contributed by atoms with van der Waals surface area (Å²) in [6, 6.07) is 5.53. The largest absolute Gasteiger partial charge is 0.492 e. The second-order valence-corrected chi connectivity index (χ2v) is 5.02. The van der Waals surface area contributed by atoms with Gasteiger partial charge >= 0.3 is 0 Å². The van der Waals surface area contributed by atoms with Gasteiger partial charge in [-0.3, -0.25) is 4.68 Å². The first kappa shape index (κ1) is 13.6. The van der Waals surface area contributed by atoms with Crippen LogP contribution in [0.4, 0.5) is 5.82 Å². The fraction of sp³-hybridized carbons (Fsp3) is 0.267. The number of benzene rings is 1. The number of aryl methyl sites for hydroxylation is 1. The Hall–Kier alpha value is -3.03. The topological polar surface area (TPSA) is 83.3 Å². The Kier molecular flexibility index (Phi) is 3.34. The highest BCUT2D eigenvalue weighted by molar-refractivity contribution is 5.85. The molecule has 1 aliphatic rings. The third kappa shape index (κ3) is 2.59. The van der Waals surface area contributed by atoms with Crippen molar-refractivity contribution in [2.45, 2.75) is 0 Å². The van der Waals surface area contributed by atoms with Gasteiger partial charge in [0.2, 0.25) is 6.79 Å². The van der Waals surface area contributed by atoms with Crippen molar-refractivity contribution in [2.75, 3.05) is 25.3 Å². The van der Waals surface area contributed by atoms with Crippen molar-refractivity contribution in [3.05, 3.63) is 30.7 Å². The van der Waals surface area contributed by atoms with Crippen molar-refractivity contribution in [3.8, 4) is 17.2 Å². The molecule has 0 bridgehead atoms. The second-order valence-electron chi connectivity index (χ2n) is 5.02. The highest BCUT2D eigenvalue weighted by atomic mass is 16.7. The minimum atomic E-state index is 0.259. The van der Waals surface area contributed by atoms with Gasteiger partial charge in [-0.1, -0.05) is 0 Å². The number of anilines is 1. The maximum Gasteiger partial charge on any atom is 0.231 e. The molecule has 0 spiro atoms. The molecule has 8 heteroatoms. The number of ether oxygens (including phenoxy) is 3. The normalized spacial score (nSPS) is 12.6. The van der Waals surface area contributed by atoms with Gasteiger partial charge in [-0.25, -0.2) is 9.97 Å². The van der Waals surface area contributed by atoms with Gasteiger partial charge in [0.05, 0.1) is 18.1 Å². The standard InChI is InChI=1S/C15H15N5O3/c1-20-15-11(7-19-20)14(17-8-18-15)16-4-5-21-10-2-3-12-13(6-10)23-9-22-12/h2-3,6-8H,4-5,9H2,1H3,(H,16,17,18). The number of nitrogens with zero attached hydrogens (tertiary/aromatic N) is 4. The Bertz CT molecular complexity index is 848. The molecule has 118 valence electrons. The van der Waals surface area contributed by atoms with E-state index in [0.29, 0.717) is 18.9 Å². The molecule has 1 N–H and O–H groups in total. The molecule has 2 aromatic heterocycles. The lowest BCUT2D eigenvalue weighted by Gasteiger charge is -2.09. The molecule has 8 nitrogen and oxygen atoms in total. The molecule has 1 aliphatic heterocycles. The van der Waals surface area contributed by atoms with Crippen molar-refractivity contribution >= 4 is 16.9 Å². The fourth-order valence-electron chi connectivity index (χ4n) is 2.41. The minimum Gasteiger partial charge on any atom is -0.492 e. The molecule has 1 aromatic carbocycles. The number of rotatable bonds is 5. The summed E-state index contributed by atoms with van der Waals surface area (Å²) >= 11 is 0. The molecule has 0 saturated heterocycles. The van der Waals surface area contributed by atoms with Crippen LogP contribution in [0.2, 0.25) is 0 Å². The molecular formula is C15H15N5O3. The monoisotopic (exact) mass is 313 g/mol. The zero-order valence-electron chi connectivity index (χ0n) is 12.5. The molecule has 0 aliphatic carbocycles. The summed E-state index contributed by atoms with van der Waals surface area (Å²) in [5.41, 5.74) is 0.791. The average Bonchev–Trinajstić information content (AvgIpc) is 3.18. The van der Waals surface area contributed by atoms with Gasteiger partial charge in [0.15, 0.2) is 17.1 Å². The van der Waals surface area contributed by atoms with Gasteiger partial charge in [0.25, 0.3) is 0 Å². The predicted molar refractivity (Wildman–Crippen MR) is 82.9 cm³/mol. The summed E-state index contributed by atoms with van der Waals surface area (Å²) in [7, 11) is 1.85. The first-order chi connectivity index (χ1) is 11.3. The van der Waals surface area contributed by atoms with Gasteiger partial charge in [0.1, 0.15) is 24.5 Å². The van der Waals surface area contributed by atoms with Crippen molar-refractivity contribution < 1.29 is 14.2 Å². The third-order valence-corrected chi connectivity index (χ3v) is 3.54. The Morgan fingerprint density at radius 3 is 3.13 bits per heavy atom. The van der Waals surface area contributed by atoms with Gasteiger partial charge in [0, 0.05) is 13.1 Å². The predicted octanol–water partition coefficient (Wildman–Crippen LogP) is 1.58. The van der Waals surface area contributed by atoms with Crippen LogP contribution in [-0.4, -0.2) is 39.7 Å². The summed E-state index contributed by atoms with van der Waals surface area (Å²) < 4.78 is 18.0. The first-order valence-corrected chi connectivity index (χ1v) is 7.20. The van der Waals surface area contributed by atoms with Crippen LogP contribution >= 0.6 is 0 Å². The van der Waals surface area contributed by atoms with Crippen LogP contribution in [0.15, 0.2) is 30.7 Å². The van der Waals surface area contributed by atoms with Gasteiger partial charge in [-0.15, -0.1) is 0 Å². The molecule has 4 rings (SSSR count). The summed E-state index contributed by atoms with van der Waals surface area (Å²) in [5, 5.41) is 8.31. The Morgan fingerprint density at radius 1 is 1.26 bits per heavy atom. The molecular weight excluding hydrogens is 298 g/mol. The molecule has 0 fully saturated rings. The van der Waals surface area contributed by atoms with Crippen LogP contribution in [0.1, 0.15) is 0 Å². The van der Waals surface area contributed by atoms with E-state index in [4.69, 9.17) is 14.2 Å². The lowest BCUT2D eigenvalue weighted by molar-refractivity contribution is 0.174. The van der Waals surface area contributed by atoms with Crippen LogP contribution < -0.4 is 19.5 Å². The van der Waals surface area contributed by atoms with E-state index in [-0.39, 0.29) is 6.79 Å². The summed E-state index contributed by atoms with van der Waals surface area (Å²) in [4.78, 5) is 8.45. The van der Waals surface area contributed by atoms with Gasteiger partial charge in [-0.05, 0) is 12.1 Å². The van der Waals surface area contributed by atoms with E-state index in [1.807, 2.05) is 25.2 Å². The Labute approximate surface area is 132 Å². The van der Waals surface area contributed by atoms with E-state index >= 15 is 0 Å². The van der Waals surface area contributed by atoms with E-state index in [1.54, 1.807) is 10.9 Å². The molecule has 0 atom stereocenters. The molecule has 23 heavy (non-hydrogen) atoms. The SMILES string of the molecule is Cn1ncc2c(NCCOc3ccc4c(c3)OCO4)ncnc21. The van der Waals surface area contributed by atoms with Crippen LogP contribution in [0.3, 0.4) is 0 Å². The van der Waals surface area contributed by atoms with E-state index in [9.17, 15) is 0 Å². The van der Waals surface area contributed by atoms with E-state index in [2.05, 4.69) is 20.4 Å². The van der Waals surface area contributed by atoms with Gasteiger partial charge in [-0.2, -0.15) is 5.10 Å². The van der Waals surface area contributed by atoms with Gasteiger partial charge < -0.3 is 19.5 Å². The maximum atomic E-state index is 5.71. The Morgan fingerprint density at radius 2 is 2.17 bits per heavy atom. The third-order valence-electron chi connectivity index (χ3n) is 3.54. The molecule has 0 unspecified atom stereocenters. The summed E-state index contributed by atoms with van der Waals surface area (Å²) in [5.74, 6) is 2.95. The second kappa shape index (κ2) is 5.64. The number of hydrogen-bond donors (Lipinski definition) is 1. The van der Waals surface area contributed by atoms with Crippen molar-refractivity contribution in [2.24, 2.45) is 7.05 Å². The van der Waals surface area contributed by atoms with Crippen LogP contribution in [0, 0.1) is 0 Å². The number of hydrogen-bond acceptors (Lipinski definition) is 7. The van der Waals surface area contributed by atoms with Crippen LogP contribution in [-0.2, 0) is 7.05 Å². The quantitative estimate of drug-likeness (QED) is 0.716. The lowest BCUT2D eigenvalue weighted by atomic mass is 10.3. The number of aromatic nitrogens is 4. The van der Waals surface area contributed by atoms with Crippen molar-refractivity contribution in [3.63, 3.8) is 0 Å². The average molecular weight is 313 g/mol. The van der Waals surface area contributed by atoms with E-state index < -0.39 is 0 Å². The number of nitrogens with one attached hydrogen (secondary N) is 1. The maximum absolute atomic E-state index is 5.71. The zero-order chi connectivity index (χ0) is 15.6. The smallest absolute Gasteiger partial charge is 0.231 e. The van der Waals surface area contributed by atoms with Crippen molar-refractivity contribution in [1.29, 1.82) is 0 Å². The van der Waals surface area contributed by atoms with Crippen LogP contribution in [0.5, 0.6) is 17.2 Å². The molecule has 3 aromatic rings. The van der Waals surface area contributed by atoms with Crippen LogP contribution in [0.25, 0.3) is 11.0 Å². The van der Waals surface area contributed by atoms with E-state index in [0.717, 1.165) is 28.4 Å². The number of fused-ring (bicyclic) bond motifs is 2. The van der Waals surface area contributed by atoms with E-state index in [1.165, 1.54) is 6.33 Å². The first-order valence-electron chi connectivity index (χ1n) is 7.20. The lowest BCUT2D eigenvalue weighted by Crippen LogP contribution is -2.12. The molecule has 3 heterocycles. The molecule has 0 amide bonds. The highest BCUT2D eigenvalue weighted by Gasteiger charge is 2.13. The van der Waals surface area contributed by atoms with Crippen molar-refractivity contribution in [1.82, 2.24) is 19.7 Å². The minimum absolute atomic E-state index is 0.259. The fourth-order valence-corrected chi connectivity index (χ4v) is 2.41. The Balaban J connectivity index is 1.36. The summed E-state index contributed by atoms with van der Waals surface area (Å²) in [6.07, 6.45) is 3.27. The zero-order valence-corrected chi connectivity index (χ0v) is 12.5. The summed E-state index contributed by atoms with van der Waals surface area (Å²) in [6.45, 7) is 1.36. The molecule has 0 radical (unpaired) electrons. The highest BCUT2D eigenvalue weighted by Crippen LogP contribution is 2.35.